The predicted molar refractivity (Wildman–Crippen MR) is 71.6 cm³/mol. The van der Waals surface area contributed by atoms with Crippen LogP contribution in [0.2, 0.25) is 0 Å². The minimum absolute atomic E-state index is 0.0532. The van der Waals surface area contributed by atoms with Crippen LogP contribution in [0.4, 0.5) is 0 Å². The number of thiol groups is 1. The van der Waals surface area contributed by atoms with Gasteiger partial charge in [0.2, 0.25) is 0 Å². The summed E-state index contributed by atoms with van der Waals surface area (Å²) < 4.78 is 26.6. The molecule has 0 aromatic carbocycles. The Kier molecular flexibility index (Phi) is 7.71. The van der Waals surface area contributed by atoms with E-state index in [0.717, 1.165) is 0 Å². The smallest absolute Gasteiger partial charge is 0.338 e. The molecule has 0 spiro atoms. The molecule has 8 nitrogen and oxygen atoms in total. The first kappa shape index (κ1) is 17.0. The van der Waals surface area contributed by atoms with Crippen molar-refractivity contribution in [3.63, 3.8) is 0 Å². The molecule has 0 aromatic rings. The molecule has 6 N–H and O–H groups in total. The van der Waals surface area contributed by atoms with E-state index in [9.17, 15) is 13.2 Å². The highest BCUT2D eigenvalue weighted by atomic mass is 32.2. The first-order chi connectivity index (χ1) is 8.28. The van der Waals surface area contributed by atoms with Crippen LogP contribution in [0.5, 0.6) is 0 Å². The molecule has 0 heterocycles. The van der Waals surface area contributed by atoms with Crippen LogP contribution < -0.4 is 17.2 Å². The first-order valence-corrected chi connectivity index (χ1v) is 7.37. The van der Waals surface area contributed by atoms with Crippen LogP contribution in [0.1, 0.15) is 12.8 Å². The number of aliphatic imine (C=N–C) groups is 1. The van der Waals surface area contributed by atoms with Crippen molar-refractivity contribution in [3.8, 4) is 0 Å². The Bertz CT molecular complexity index is 392. The molecule has 1 atom stereocenters. The lowest BCUT2D eigenvalue weighted by molar-refractivity contribution is -0.135. The molecule has 0 aliphatic heterocycles. The first-order valence-electron chi connectivity index (χ1n) is 5.16. The summed E-state index contributed by atoms with van der Waals surface area (Å²) >= 11 is 3.74. The maximum atomic E-state index is 11.3. The third-order valence-electron chi connectivity index (χ3n) is 1.82. The number of guanidine groups is 1. The lowest BCUT2D eigenvalue weighted by Crippen LogP contribution is -2.34. The number of nitrogens with two attached hydrogens (primary N) is 3. The molecule has 0 fully saturated rings. The van der Waals surface area contributed by atoms with E-state index >= 15 is 0 Å². The molecule has 0 unspecified atom stereocenters. The van der Waals surface area contributed by atoms with Crippen LogP contribution in [-0.2, 0) is 19.1 Å². The summed E-state index contributed by atoms with van der Waals surface area (Å²) in [4.78, 5) is 15.0. The van der Waals surface area contributed by atoms with Gasteiger partial charge >= 0.3 is 16.1 Å². The van der Waals surface area contributed by atoms with Gasteiger partial charge in [-0.2, -0.15) is 21.0 Å². The van der Waals surface area contributed by atoms with E-state index in [0.29, 0.717) is 13.0 Å². The Balaban J connectivity index is 4.08. The molecule has 0 aromatic heterocycles. The second-order valence-electron chi connectivity index (χ2n) is 3.44. The average Bonchev–Trinajstić information content (AvgIpc) is 2.22. The number of nitrogens with zero attached hydrogens (tertiary/aromatic N) is 1. The highest BCUT2D eigenvalue weighted by molar-refractivity contribution is 7.88. The quantitative estimate of drug-likeness (QED) is 0.135. The fourth-order valence-corrected chi connectivity index (χ4v) is 2.33. The highest BCUT2D eigenvalue weighted by Crippen LogP contribution is 2.02. The molecular formula is C8H18N4O4S2. The zero-order valence-corrected chi connectivity index (χ0v) is 11.5. The summed E-state index contributed by atoms with van der Waals surface area (Å²) in [6.07, 6.45) is 0.673. The second kappa shape index (κ2) is 8.16. The topological polar surface area (TPSA) is 151 Å². The van der Waals surface area contributed by atoms with Crippen LogP contribution >= 0.6 is 12.6 Å². The zero-order valence-electron chi connectivity index (χ0n) is 9.78. The minimum Gasteiger partial charge on any atom is -0.370 e. The Morgan fingerprint density at radius 2 is 2.00 bits per heavy atom. The van der Waals surface area contributed by atoms with Crippen LogP contribution in [-0.4, -0.2) is 44.4 Å². The van der Waals surface area contributed by atoms with E-state index in [1.165, 1.54) is 0 Å². The van der Waals surface area contributed by atoms with Crippen LogP contribution in [0.25, 0.3) is 0 Å². The van der Waals surface area contributed by atoms with Gasteiger partial charge in [0.1, 0.15) is 6.04 Å². The van der Waals surface area contributed by atoms with E-state index in [1.54, 1.807) is 0 Å². The van der Waals surface area contributed by atoms with E-state index in [4.69, 9.17) is 17.2 Å². The van der Waals surface area contributed by atoms with Gasteiger partial charge in [0.25, 0.3) is 0 Å². The zero-order chi connectivity index (χ0) is 14.2. The number of hydrogen-bond donors (Lipinski definition) is 4. The third kappa shape index (κ3) is 8.14. The highest BCUT2D eigenvalue weighted by Gasteiger charge is 2.21. The number of carbonyl (C=O) groups excluding carboxylic acids is 1. The monoisotopic (exact) mass is 298 g/mol. The average molecular weight is 298 g/mol. The molecule has 0 aliphatic carbocycles. The Morgan fingerprint density at radius 1 is 1.39 bits per heavy atom. The van der Waals surface area contributed by atoms with Gasteiger partial charge in [-0.25, -0.2) is 4.79 Å². The molecule has 106 valence electrons. The van der Waals surface area contributed by atoms with Crippen LogP contribution in [0, 0.1) is 0 Å². The third-order valence-corrected chi connectivity index (χ3v) is 3.47. The fourth-order valence-electron chi connectivity index (χ4n) is 0.978. The van der Waals surface area contributed by atoms with E-state index in [2.05, 4.69) is 21.8 Å². The summed E-state index contributed by atoms with van der Waals surface area (Å²) in [7, 11) is -3.89. The number of hydrogen-bond acceptors (Lipinski definition) is 7. The molecule has 0 saturated heterocycles. The lowest BCUT2D eigenvalue weighted by Gasteiger charge is -2.10. The minimum atomic E-state index is -3.89. The van der Waals surface area contributed by atoms with Crippen LogP contribution in [0.15, 0.2) is 4.99 Å². The number of carbonyl (C=O) groups is 1. The van der Waals surface area contributed by atoms with E-state index in [-0.39, 0.29) is 23.9 Å². The molecule has 0 amide bonds. The van der Waals surface area contributed by atoms with Gasteiger partial charge < -0.3 is 21.4 Å². The van der Waals surface area contributed by atoms with Crippen molar-refractivity contribution in [1.82, 2.24) is 0 Å². The normalized spacial score (nSPS) is 12.8. The second-order valence-corrected chi connectivity index (χ2v) is 5.58. The van der Waals surface area contributed by atoms with Crippen molar-refractivity contribution in [2.75, 3.05) is 18.1 Å². The summed E-state index contributed by atoms with van der Waals surface area (Å²) in [6.45, 7) is 0.312. The summed E-state index contributed by atoms with van der Waals surface area (Å²) in [5.74, 6) is -1.32. The lowest BCUT2D eigenvalue weighted by atomic mass is 10.2. The van der Waals surface area contributed by atoms with Gasteiger partial charge in [0.15, 0.2) is 5.96 Å². The SMILES string of the molecule is NC(N)=NCCC[C@H](N)C(=O)OS(=O)(=O)CCS. The molecule has 18 heavy (non-hydrogen) atoms. The largest absolute Gasteiger partial charge is 0.370 e. The summed E-state index contributed by atoms with van der Waals surface area (Å²) in [5.41, 5.74) is 15.7. The van der Waals surface area contributed by atoms with Crippen molar-refractivity contribution in [2.24, 2.45) is 22.2 Å². The van der Waals surface area contributed by atoms with Gasteiger partial charge in [0.05, 0.1) is 5.75 Å². The van der Waals surface area contributed by atoms with Crippen molar-refractivity contribution >= 4 is 34.7 Å². The summed E-state index contributed by atoms with van der Waals surface area (Å²) in [5, 5.41) is 0. The molecule has 10 heteroatoms. The maximum absolute atomic E-state index is 11.3. The standard InChI is InChI=1S/C8H18N4O4S2/c9-6(2-1-3-12-8(10)11)7(13)16-18(14,15)5-4-17/h6,17H,1-5,9H2,(H4,10,11,12)/t6-/m0/s1. The van der Waals surface area contributed by atoms with Crippen molar-refractivity contribution in [2.45, 2.75) is 18.9 Å². The van der Waals surface area contributed by atoms with Gasteiger partial charge in [-0.05, 0) is 12.8 Å². The maximum Gasteiger partial charge on any atom is 0.338 e. The Hall–Kier alpha value is -1.00. The van der Waals surface area contributed by atoms with Crippen molar-refractivity contribution < 1.29 is 17.4 Å². The molecule has 0 radical (unpaired) electrons. The molecule has 0 bridgehead atoms. The molecule has 0 saturated carbocycles. The van der Waals surface area contributed by atoms with E-state index < -0.39 is 22.1 Å². The fraction of sp³-hybridized carbons (Fsp3) is 0.750. The van der Waals surface area contributed by atoms with Gasteiger partial charge in [0, 0.05) is 12.3 Å². The van der Waals surface area contributed by atoms with Gasteiger partial charge in [-0.1, -0.05) is 0 Å². The van der Waals surface area contributed by atoms with E-state index in [1.807, 2.05) is 0 Å². The Morgan fingerprint density at radius 3 is 2.50 bits per heavy atom. The molecule has 0 aliphatic rings. The van der Waals surface area contributed by atoms with Crippen LogP contribution in [0.3, 0.4) is 0 Å². The Labute approximate surface area is 111 Å². The predicted octanol–water partition coefficient (Wildman–Crippen LogP) is -1.83. The molecule has 0 rings (SSSR count). The molecular weight excluding hydrogens is 280 g/mol. The number of rotatable bonds is 8. The van der Waals surface area contributed by atoms with Gasteiger partial charge in [-0.15, -0.1) is 0 Å². The van der Waals surface area contributed by atoms with Crippen molar-refractivity contribution in [1.29, 1.82) is 0 Å². The summed E-state index contributed by atoms with van der Waals surface area (Å²) in [6, 6.07) is -1.02. The van der Waals surface area contributed by atoms with Crippen molar-refractivity contribution in [3.05, 3.63) is 0 Å². The van der Waals surface area contributed by atoms with Gasteiger partial charge in [-0.3, -0.25) is 4.99 Å².